The molecule has 0 radical (unpaired) electrons. The van der Waals surface area contributed by atoms with Gasteiger partial charge >= 0.3 is 0 Å². The van der Waals surface area contributed by atoms with Gasteiger partial charge in [-0.3, -0.25) is 9.59 Å². The summed E-state index contributed by atoms with van der Waals surface area (Å²) >= 11 is 0. The summed E-state index contributed by atoms with van der Waals surface area (Å²) in [5.41, 5.74) is 2.86. The maximum atomic E-state index is 12.2. The number of aromatic nitrogens is 2. The second-order valence-electron chi connectivity index (χ2n) is 4.58. The van der Waals surface area contributed by atoms with Gasteiger partial charge in [0.05, 0.1) is 17.0 Å². The number of aryl methyl sites for hydroxylation is 2. The number of rotatable bonds is 3. The monoisotopic (exact) mass is 269 g/mol. The van der Waals surface area contributed by atoms with Crippen LogP contribution in [0, 0.1) is 13.8 Å². The van der Waals surface area contributed by atoms with Gasteiger partial charge in [0.15, 0.2) is 5.78 Å². The predicted octanol–water partition coefficient (Wildman–Crippen LogP) is 2.55. The van der Waals surface area contributed by atoms with E-state index in [0.29, 0.717) is 28.2 Å². The van der Waals surface area contributed by atoms with Crippen molar-refractivity contribution in [3.05, 3.63) is 52.8 Å². The molecule has 0 saturated carbocycles. The quantitative estimate of drug-likeness (QED) is 0.869. The third kappa shape index (κ3) is 3.06. The van der Waals surface area contributed by atoms with Crippen LogP contribution in [-0.4, -0.2) is 21.9 Å². The lowest BCUT2D eigenvalue weighted by Gasteiger charge is -2.08. The number of ketones is 1. The Hall–Kier alpha value is -2.56. The van der Waals surface area contributed by atoms with E-state index >= 15 is 0 Å². The molecule has 5 nitrogen and oxygen atoms in total. The summed E-state index contributed by atoms with van der Waals surface area (Å²) in [6.07, 6.45) is 0. The van der Waals surface area contributed by atoms with Gasteiger partial charge in [-0.1, -0.05) is 12.1 Å². The van der Waals surface area contributed by atoms with Gasteiger partial charge < -0.3 is 5.32 Å². The highest BCUT2D eigenvalue weighted by molar-refractivity contribution is 6.05. The average molecular weight is 269 g/mol. The minimum Gasteiger partial charge on any atom is -0.322 e. The van der Waals surface area contributed by atoms with E-state index in [1.807, 2.05) is 0 Å². The number of hydrogen-bond donors (Lipinski definition) is 1. The molecule has 0 unspecified atom stereocenters. The van der Waals surface area contributed by atoms with E-state index in [9.17, 15) is 9.59 Å². The Bertz CT molecular complexity index is 681. The maximum absolute atomic E-state index is 12.2. The Kier molecular flexibility index (Phi) is 3.89. The molecule has 5 heteroatoms. The Morgan fingerprint density at radius 3 is 2.55 bits per heavy atom. The Labute approximate surface area is 117 Å². The van der Waals surface area contributed by atoms with E-state index in [0.717, 1.165) is 0 Å². The zero-order valence-corrected chi connectivity index (χ0v) is 11.6. The molecule has 1 aromatic heterocycles. The van der Waals surface area contributed by atoms with Gasteiger partial charge in [0, 0.05) is 11.3 Å². The molecule has 0 aliphatic carbocycles. The van der Waals surface area contributed by atoms with Crippen LogP contribution in [0.1, 0.15) is 39.0 Å². The van der Waals surface area contributed by atoms with Gasteiger partial charge in [0.1, 0.15) is 0 Å². The van der Waals surface area contributed by atoms with Crippen molar-refractivity contribution < 1.29 is 9.59 Å². The number of carbonyl (C=O) groups is 2. The number of Topliss-reactive ketones (excluding diaryl/α,β-unsaturated/α-hetero) is 1. The van der Waals surface area contributed by atoms with E-state index in [1.165, 1.54) is 6.92 Å². The molecule has 102 valence electrons. The van der Waals surface area contributed by atoms with Gasteiger partial charge in [0.2, 0.25) is 0 Å². The second kappa shape index (κ2) is 5.61. The summed E-state index contributed by atoms with van der Waals surface area (Å²) in [5.74, 6) is -0.306. The SMILES string of the molecule is CC(=O)c1cccc(NC(=O)c2cc(C)nnc2C)c1. The van der Waals surface area contributed by atoms with E-state index < -0.39 is 0 Å². The largest absolute Gasteiger partial charge is 0.322 e. The molecule has 0 atom stereocenters. The molecular formula is C15H15N3O2. The van der Waals surface area contributed by atoms with Crippen LogP contribution in [0.4, 0.5) is 5.69 Å². The molecule has 0 bridgehead atoms. The lowest BCUT2D eigenvalue weighted by atomic mass is 10.1. The van der Waals surface area contributed by atoms with Gasteiger partial charge in [0.25, 0.3) is 5.91 Å². The lowest BCUT2D eigenvalue weighted by Crippen LogP contribution is -2.15. The number of hydrogen-bond acceptors (Lipinski definition) is 4. The molecule has 0 saturated heterocycles. The normalized spacial score (nSPS) is 10.2. The van der Waals surface area contributed by atoms with Gasteiger partial charge in [-0.15, -0.1) is 0 Å². The molecule has 1 heterocycles. The predicted molar refractivity (Wildman–Crippen MR) is 75.9 cm³/mol. The van der Waals surface area contributed by atoms with Crippen molar-refractivity contribution in [2.75, 3.05) is 5.32 Å². The molecular weight excluding hydrogens is 254 g/mol. The zero-order valence-electron chi connectivity index (χ0n) is 11.6. The van der Waals surface area contributed by atoms with E-state index in [4.69, 9.17) is 0 Å². The molecule has 0 aliphatic heterocycles. The van der Waals surface area contributed by atoms with Crippen molar-refractivity contribution in [3.8, 4) is 0 Å². The van der Waals surface area contributed by atoms with Crippen LogP contribution >= 0.6 is 0 Å². The van der Waals surface area contributed by atoms with Crippen LogP contribution in [0.5, 0.6) is 0 Å². The van der Waals surface area contributed by atoms with Gasteiger partial charge in [-0.2, -0.15) is 10.2 Å². The summed E-state index contributed by atoms with van der Waals surface area (Å²) in [5, 5.41) is 10.6. The number of amides is 1. The molecule has 0 spiro atoms. The van der Waals surface area contributed by atoms with Crippen molar-refractivity contribution in [2.24, 2.45) is 0 Å². The third-order valence-corrected chi connectivity index (χ3v) is 2.87. The first kappa shape index (κ1) is 13.9. The van der Waals surface area contributed by atoms with Crippen molar-refractivity contribution in [2.45, 2.75) is 20.8 Å². The average Bonchev–Trinajstić information content (AvgIpc) is 2.41. The first-order valence-corrected chi connectivity index (χ1v) is 6.20. The number of carbonyl (C=O) groups excluding carboxylic acids is 2. The van der Waals surface area contributed by atoms with Crippen LogP contribution in [0.2, 0.25) is 0 Å². The standard InChI is InChI=1S/C15H15N3O2/c1-9-7-14(10(2)18-17-9)15(20)16-13-6-4-5-12(8-13)11(3)19/h4-8H,1-3H3,(H,16,20). The van der Waals surface area contributed by atoms with Crippen molar-refractivity contribution >= 4 is 17.4 Å². The van der Waals surface area contributed by atoms with Crippen LogP contribution < -0.4 is 5.32 Å². The minimum absolute atomic E-state index is 0.0429. The van der Waals surface area contributed by atoms with E-state index in [1.54, 1.807) is 44.2 Å². The summed E-state index contributed by atoms with van der Waals surface area (Å²) < 4.78 is 0. The van der Waals surface area contributed by atoms with Gasteiger partial charge in [-0.05, 0) is 39.0 Å². The maximum Gasteiger partial charge on any atom is 0.257 e. The number of nitrogens with one attached hydrogen (secondary N) is 1. The van der Waals surface area contributed by atoms with Crippen molar-refractivity contribution in [3.63, 3.8) is 0 Å². The molecule has 2 rings (SSSR count). The van der Waals surface area contributed by atoms with E-state index in [-0.39, 0.29) is 11.7 Å². The molecule has 1 N–H and O–H groups in total. The third-order valence-electron chi connectivity index (χ3n) is 2.87. The lowest BCUT2D eigenvalue weighted by molar-refractivity contribution is 0.101. The minimum atomic E-state index is -0.263. The fourth-order valence-electron chi connectivity index (χ4n) is 1.79. The highest BCUT2D eigenvalue weighted by atomic mass is 16.1. The Balaban J connectivity index is 2.25. The first-order valence-electron chi connectivity index (χ1n) is 6.20. The number of anilines is 1. The Morgan fingerprint density at radius 2 is 1.85 bits per heavy atom. The zero-order chi connectivity index (χ0) is 14.7. The highest BCUT2D eigenvalue weighted by Crippen LogP contribution is 2.14. The fraction of sp³-hybridized carbons (Fsp3) is 0.200. The van der Waals surface area contributed by atoms with Gasteiger partial charge in [-0.25, -0.2) is 0 Å². The van der Waals surface area contributed by atoms with E-state index in [2.05, 4.69) is 15.5 Å². The fourth-order valence-corrected chi connectivity index (χ4v) is 1.79. The molecule has 1 aromatic carbocycles. The molecule has 0 fully saturated rings. The first-order chi connectivity index (χ1) is 9.47. The molecule has 20 heavy (non-hydrogen) atoms. The summed E-state index contributed by atoms with van der Waals surface area (Å²) in [4.78, 5) is 23.5. The highest BCUT2D eigenvalue weighted by Gasteiger charge is 2.12. The number of nitrogens with zero attached hydrogens (tertiary/aromatic N) is 2. The molecule has 1 amide bonds. The summed E-state index contributed by atoms with van der Waals surface area (Å²) in [7, 11) is 0. The molecule has 2 aromatic rings. The van der Waals surface area contributed by atoms with Crippen LogP contribution in [0.25, 0.3) is 0 Å². The second-order valence-corrected chi connectivity index (χ2v) is 4.58. The van der Waals surface area contributed by atoms with Crippen molar-refractivity contribution in [1.82, 2.24) is 10.2 Å². The summed E-state index contributed by atoms with van der Waals surface area (Å²) in [6, 6.07) is 8.52. The van der Waals surface area contributed by atoms with Crippen LogP contribution in [0.3, 0.4) is 0 Å². The Morgan fingerprint density at radius 1 is 1.10 bits per heavy atom. The van der Waals surface area contributed by atoms with Crippen LogP contribution in [0.15, 0.2) is 30.3 Å². The molecule has 0 aliphatic rings. The van der Waals surface area contributed by atoms with Crippen molar-refractivity contribution in [1.29, 1.82) is 0 Å². The van der Waals surface area contributed by atoms with Crippen LogP contribution in [-0.2, 0) is 0 Å². The summed E-state index contributed by atoms with van der Waals surface area (Å²) in [6.45, 7) is 4.99. The smallest absolute Gasteiger partial charge is 0.257 e. The number of benzene rings is 1. The topological polar surface area (TPSA) is 72.0 Å².